The molecule has 0 aliphatic rings. The fourth-order valence-corrected chi connectivity index (χ4v) is 1.92. The molecule has 0 heterocycles. The monoisotopic (exact) mass is 249 g/mol. The molecule has 0 saturated heterocycles. The van der Waals surface area contributed by atoms with E-state index < -0.39 is 0 Å². The molecule has 0 aliphatic carbocycles. The predicted octanol–water partition coefficient (Wildman–Crippen LogP) is 3.97. The molecule has 3 heteroatoms. The molecule has 1 aromatic carbocycles. The maximum atomic E-state index is 8.41. The van der Waals surface area contributed by atoms with Gasteiger partial charge in [-0.2, -0.15) is 5.26 Å². The fraction of sp³-hybridized carbons (Fsp3) is 0.500. The Hall–Kier alpha value is -1.14. The average molecular weight is 249 g/mol. The Kier molecular flexibility index (Phi) is 5.37. The van der Waals surface area contributed by atoms with Crippen LogP contribution in [0.25, 0.3) is 0 Å². The van der Waals surface area contributed by atoms with Crippen LogP contribution in [-0.2, 0) is 5.41 Å². The lowest BCUT2D eigenvalue weighted by atomic mass is 9.86. The van der Waals surface area contributed by atoms with Crippen molar-refractivity contribution in [3.05, 3.63) is 29.8 Å². The molecular formula is C14H19NOS. The first-order valence-corrected chi connectivity index (χ1v) is 6.77. The van der Waals surface area contributed by atoms with E-state index in [9.17, 15) is 0 Å². The van der Waals surface area contributed by atoms with E-state index in [1.165, 1.54) is 17.3 Å². The van der Waals surface area contributed by atoms with Crippen molar-refractivity contribution in [1.82, 2.24) is 0 Å². The summed E-state index contributed by atoms with van der Waals surface area (Å²) in [5.41, 5.74) is 1.32. The molecule has 0 atom stereocenters. The zero-order valence-corrected chi connectivity index (χ0v) is 11.5. The second-order valence-corrected chi connectivity index (χ2v) is 5.77. The number of benzene rings is 1. The van der Waals surface area contributed by atoms with Crippen molar-refractivity contribution in [1.29, 1.82) is 5.26 Å². The molecule has 0 bridgehead atoms. The highest BCUT2D eigenvalue weighted by Crippen LogP contribution is 2.30. The lowest BCUT2D eigenvalue weighted by Gasteiger charge is -2.22. The number of hydrogen-bond acceptors (Lipinski definition) is 3. The lowest BCUT2D eigenvalue weighted by molar-refractivity contribution is 0.310. The highest BCUT2D eigenvalue weighted by molar-refractivity contribution is 8.03. The quantitative estimate of drug-likeness (QED) is 0.585. The van der Waals surface area contributed by atoms with Gasteiger partial charge in [-0.15, -0.1) is 0 Å². The van der Waals surface area contributed by atoms with Crippen molar-refractivity contribution in [3.8, 4) is 11.2 Å². The second-order valence-electron chi connectivity index (χ2n) is 4.89. The minimum Gasteiger partial charge on any atom is -0.493 e. The number of nitrogens with zero attached hydrogens (tertiary/aromatic N) is 1. The number of thiocyanates is 1. The summed E-state index contributed by atoms with van der Waals surface area (Å²) in [7, 11) is 0. The Bertz CT molecular complexity index is 390. The van der Waals surface area contributed by atoms with Crippen molar-refractivity contribution in [2.24, 2.45) is 0 Å². The minimum atomic E-state index is 0.0952. The molecule has 0 amide bonds. The summed E-state index contributed by atoms with van der Waals surface area (Å²) >= 11 is 1.28. The zero-order chi connectivity index (χ0) is 12.7. The Morgan fingerprint density at radius 3 is 2.65 bits per heavy atom. The van der Waals surface area contributed by atoms with Crippen LogP contribution < -0.4 is 4.74 Å². The Morgan fingerprint density at radius 1 is 1.29 bits per heavy atom. The van der Waals surface area contributed by atoms with E-state index >= 15 is 0 Å². The van der Waals surface area contributed by atoms with Gasteiger partial charge >= 0.3 is 0 Å². The molecule has 0 radical (unpaired) electrons. The topological polar surface area (TPSA) is 33.0 Å². The van der Waals surface area contributed by atoms with E-state index in [2.05, 4.69) is 32.2 Å². The molecule has 2 nitrogen and oxygen atoms in total. The minimum absolute atomic E-state index is 0.0952. The zero-order valence-electron chi connectivity index (χ0n) is 10.7. The maximum Gasteiger partial charge on any atom is 0.133 e. The second kappa shape index (κ2) is 6.56. The molecule has 1 aromatic rings. The maximum absolute atomic E-state index is 8.41. The van der Waals surface area contributed by atoms with Crippen LogP contribution in [0.3, 0.4) is 0 Å². The van der Waals surface area contributed by atoms with Crippen molar-refractivity contribution < 1.29 is 4.74 Å². The van der Waals surface area contributed by atoms with E-state index in [-0.39, 0.29) is 5.41 Å². The van der Waals surface area contributed by atoms with Gasteiger partial charge in [0.1, 0.15) is 11.2 Å². The van der Waals surface area contributed by atoms with Crippen LogP contribution in [0.15, 0.2) is 24.3 Å². The predicted molar refractivity (Wildman–Crippen MR) is 73.3 cm³/mol. The number of para-hydroxylation sites is 1. The van der Waals surface area contributed by atoms with Crippen molar-refractivity contribution in [3.63, 3.8) is 0 Å². The summed E-state index contributed by atoms with van der Waals surface area (Å²) in [6.45, 7) is 7.21. The standard InChI is InChI=1S/C14H19NOS/c1-14(2,3)12-7-4-5-8-13(12)16-9-6-10-17-11-15/h4-5,7-8H,6,9-10H2,1-3H3. The number of nitriles is 1. The van der Waals surface area contributed by atoms with Crippen LogP contribution >= 0.6 is 11.8 Å². The number of hydrogen-bond donors (Lipinski definition) is 0. The molecule has 0 N–H and O–H groups in total. The summed E-state index contributed by atoms with van der Waals surface area (Å²) in [5.74, 6) is 1.79. The number of rotatable bonds is 5. The molecule has 0 fully saturated rings. The van der Waals surface area contributed by atoms with Crippen LogP contribution in [0.2, 0.25) is 0 Å². The van der Waals surface area contributed by atoms with E-state index in [0.29, 0.717) is 6.61 Å². The Labute approximate surface area is 108 Å². The van der Waals surface area contributed by atoms with Gasteiger partial charge in [0, 0.05) is 5.75 Å². The molecule has 17 heavy (non-hydrogen) atoms. The van der Waals surface area contributed by atoms with Gasteiger partial charge in [0.2, 0.25) is 0 Å². The van der Waals surface area contributed by atoms with E-state index in [0.717, 1.165) is 17.9 Å². The number of ether oxygens (including phenoxy) is 1. The van der Waals surface area contributed by atoms with Gasteiger partial charge in [0.25, 0.3) is 0 Å². The highest BCUT2D eigenvalue weighted by Gasteiger charge is 2.17. The molecule has 0 spiro atoms. The van der Waals surface area contributed by atoms with Crippen molar-refractivity contribution in [2.45, 2.75) is 32.6 Å². The summed E-state index contributed by atoms with van der Waals surface area (Å²) in [5, 5.41) is 10.5. The van der Waals surface area contributed by atoms with Crippen LogP contribution in [0.5, 0.6) is 5.75 Å². The number of thioether (sulfide) groups is 1. The average Bonchev–Trinajstić information content (AvgIpc) is 2.28. The third-order valence-corrected chi connectivity index (χ3v) is 3.03. The molecule has 0 aromatic heterocycles. The summed E-state index contributed by atoms with van der Waals surface area (Å²) < 4.78 is 5.79. The van der Waals surface area contributed by atoms with E-state index in [1.54, 1.807) is 0 Å². The van der Waals surface area contributed by atoms with Gasteiger partial charge in [-0.25, -0.2) is 0 Å². The Balaban J connectivity index is 2.56. The molecule has 92 valence electrons. The van der Waals surface area contributed by atoms with Gasteiger partial charge in [-0.1, -0.05) is 39.0 Å². The van der Waals surface area contributed by atoms with Crippen molar-refractivity contribution >= 4 is 11.8 Å². The Morgan fingerprint density at radius 2 is 2.00 bits per heavy atom. The largest absolute Gasteiger partial charge is 0.493 e. The van der Waals surface area contributed by atoms with Gasteiger partial charge in [-0.3, -0.25) is 0 Å². The highest BCUT2D eigenvalue weighted by atomic mass is 32.2. The SMILES string of the molecule is CC(C)(C)c1ccccc1OCCCSC#N. The van der Waals surface area contributed by atoms with Gasteiger partial charge < -0.3 is 4.74 Å². The first kappa shape index (κ1) is 13.9. The van der Waals surface area contributed by atoms with E-state index in [1.807, 2.05) is 18.2 Å². The first-order valence-electron chi connectivity index (χ1n) is 5.79. The van der Waals surface area contributed by atoms with Gasteiger partial charge in [0.15, 0.2) is 0 Å². The normalized spacial score (nSPS) is 10.9. The first-order chi connectivity index (χ1) is 8.05. The van der Waals surface area contributed by atoms with Crippen LogP contribution in [-0.4, -0.2) is 12.4 Å². The van der Waals surface area contributed by atoms with Gasteiger partial charge in [0.05, 0.1) is 6.61 Å². The summed E-state index contributed by atoms with van der Waals surface area (Å²) in [4.78, 5) is 0. The summed E-state index contributed by atoms with van der Waals surface area (Å²) in [6.07, 6.45) is 0.900. The van der Waals surface area contributed by atoms with Gasteiger partial charge in [-0.05, 0) is 35.2 Å². The summed E-state index contributed by atoms with van der Waals surface area (Å²) in [6, 6.07) is 8.16. The molecular weight excluding hydrogens is 230 g/mol. The van der Waals surface area contributed by atoms with Crippen LogP contribution in [0.4, 0.5) is 0 Å². The molecule has 0 saturated carbocycles. The molecule has 1 rings (SSSR count). The third kappa shape index (κ3) is 4.70. The van der Waals surface area contributed by atoms with Crippen LogP contribution in [0.1, 0.15) is 32.8 Å². The lowest BCUT2D eigenvalue weighted by Crippen LogP contribution is -2.13. The van der Waals surface area contributed by atoms with Crippen LogP contribution in [0, 0.1) is 10.7 Å². The van der Waals surface area contributed by atoms with Crippen molar-refractivity contribution in [2.75, 3.05) is 12.4 Å². The van der Waals surface area contributed by atoms with E-state index in [4.69, 9.17) is 10.00 Å². The third-order valence-electron chi connectivity index (χ3n) is 2.41. The smallest absolute Gasteiger partial charge is 0.133 e. The fourth-order valence-electron chi connectivity index (χ4n) is 1.57. The molecule has 0 aliphatic heterocycles. The molecule has 0 unspecified atom stereocenters.